The summed E-state index contributed by atoms with van der Waals surface area (Å²) >= 11 is 0. The molecule has 0 bridgehead atoms. The number of halogens is 3. The van der Waals surface area contributed by atoms with E-state index in [4.69, 9.17) is 0 Å². The summed E-state index contributed by atoms with van der Waals surface area (Å²) < 4.78 is 42.0. The fraction of sp³-hybridized carbons (Fsp3) is 0.105. The van der Waals surface area contributed by atoms with Crippen LogP contribution in [0.2, 0.25) is 0 Å². The monoisotopic (exact) mass is 385 g/mol. The molecular formula is C19H14F3N5O. The van der Waals surface area contributed by atoms with E-state index in [0.29, 0.717) is 17.0 Å². The Morgan fingerprint density at radius 2 is 1.86 bits per heavy atom. The van der Waals surface area contributed by atoms with Crippen molar-refractivity contribution in [2.24, 2.45) is 0 Å². The minimum absolute atomic E-state index is 0.0239. The number of aryl methyl sites for hydroxylation is 1. The second-order valence-electron chi connectivity index (χ2n) is 6.29. The van der Waals surface area contributed by atoms with Crippen LogP contribution in [0.3, 0.4) is 0 Å². The van der Waals surface area contributed by atoms with Gasteiger partial charge in [-0.15, -0.1) is 0 Å². The highest BCUT2D eigenvalue weighted by Gasteiger charge is 2.13. The zero-order chi connectivity index (χ0) is 19.8. The number of H-pyrrole nitrogens is 1. The second kappa shape index (κ2) is 6.84. The van der Waals surface area contributed by atoms with E-state index >= 15 is 0 Å². The van der Waals surface area contributed by atoms with Crippen LogP contribution in [0.1, 0.15) is 11.3 Å². The largest absolute Gasteiger partial charge is 0.346 e. The first-order valence-corrected chi connectivity index (χ1v) is 8.33. The van der Waals surface area contributed by atoms with Crippen LogP contribution < -0.4 is 10.9 Å². The number of rotatable bonds is 4. The number of pyridine rings is 1. The Balaban J connectivity index is 1.76. The summed E-state index contributed by atoms with van der Waals surface area (Å²) in [7, 11) is 0. The van der Waals surface area contributed by atoms with Gasteiger partial charge in [0.15, 0.2) is 0 Å². The summed E-state index contributed by atoms with van der Waals surface area (Å²) in [6.45, 7) is 1.66. The van der Waals surface area contributed by atoms with Gasteiger partial charge in [-0.2, -0.15) is 9.37 Å². The van der Waals surface area contributed by atoms with Crippen molar-refractivity contribution in [3.8, 4) is 0 Å². The molecule has 3 heterocycles. The molecule has 0 aliphatic carbocycles. The van der Waals surface area contributed by atoms with Crippen LogP contribution in [0.4, 0.5) is 24.8 Å². The molecule has 0 aliphatic heterocycles. The van der Waals surface area contributed by atoms with E-state index in [2.05, 4.69) is 20.3 Å². The molecule has 0 spiro atoms. The molecule has 9 heteroatoms. The summed E-state index contributed by atoms with van der Waals surface area (Å²) in [6.07, 6.45) is 2.68. The van der Waals surface area contributed by atoms with E-state index in [9.17, 15) is 18.0 Å². The lowest BCUT2D eigenvalue weighted by atomic mass is 10.2. The summed E-state index contributed by atoms with van der Waals surface area (Å²) in [5.41, 5.74) is 1.09. The highest BCUT2D eigenvalue weighted by molar-refractivity contribution is 5.81. The molecule has 0 saturated heterocycles. The normalized spacial score (nSPS) is 11.1. The van der Waals surface area contributed by atoms with Gasteiger partial charge in [0.25, 0.3) is 0 Å². The molecule has 4 rings (SSSR count). The van der Waals surface area contributed by atoms with E-state index in [1.54, 1.807) is 19.2 Å². The number of hydrogen-bond acceptors (Lipinski definition) is 4. The lowest BCUT2D eigenvalue weighted by Crippen LogP contribution is -2.20. The van der Waals surface area contributed by atoms with Crippen LogP contribution in [0.5, 0.6) is 0 Å². The fourth-order valence-corrected chi connectivity index (χ4v) is 2.91. The standard InChI is InChI=1S/C19H14F3N5O/c1-10-16(6-12-2-3-23-17(12)24-10)25-19-26-18(28)15(22)9-27(19)8-11-4-13(20)7-14(21)5-11/h2-7,9H,8H2,1H3,(H,23,24)(H,25,26,28). The number of nitrogens with zero attached hydrogens (tertiary/aromatic N) is 3. The van der Waals surface area contributed by atoms with Gasteiger partial charge in [0, 0.05) is 23.8 Å². The molecule has 0 unspecified atom stereocenters. The third-order valence-electron chi connectivity index (χ3n) is 4.20. The number of nitrogens with one attached hydrogen (secondary N) is 2. The molecule has 3 aromatic heterocycles. The van der Waals surface area contributed by atoms with Crippen molar-refractivity contribution in [3.05, 3.63) is 81.8 Å². The molecule has 142 valence electrons. The van der Waals surface area contributed by atoms with Crippen molar-refractivity contribution in [2.75, 3.05) is 5.32 Å². The lowest BCUT2D eigenvalue weighted by molar-refractivity contribution is 0.568. The first-order valence-electron chi connectivity index (χ1n) is 8.33. The van der Waals surface area contributed by atoms with Crippen LogP contribution in [0, 0.1) is 24.4 Å². The molecule has 4 aromatic rings. The molecule has 0 fully saturated rings. The SMILES string of the molecule is Cc1nc2[nH]ccc2cc1Nc1nc(=O)c(F)cn1Cc1cc(F)cc(F)c1. The average Bonchev–Trinajstić information content (AvgIpc) is 3.05. The molecule has 6 nitrogen and oxygen atoms in total. The number of anilines is 2. The van der Waals surface area contributed by atoms with Crippen LogP contribution in [-0.4, -0.2) is 19.5 Å². The van der Waals surface area contributed by atoms with Gasteiger partial charge in [0.05, 0.1) is 17.9 Å². The Labute approximate surface area is 156 Å². The van der Waals surface area contributed by atoms with Gasteiger partial charge in [-0.05, 0) is 36.8 Å². The Bertz CT molecular complexity index is 1230. The molecular weight excluding hydrogens is 371 g/mol. The van der Waals surface area contributed by atoms with Crippen molar-refractivity contribution < 1.29 is 13.2 Å². The third-order valence-corrected chi connectivity index (χ3v) is 4.20. The Morgan fingerprint density at radius 1 is 1.11 bits per heavy atom. The topological polar surface area (TPSA) is 75.6 Å². The van der Waals surface area contributed by atoms with Gasteiger partial charge >= 0.3 is 5.56 Å². The number of benzene rings is 1. The van der Waals surface area contributed by atoms with Gasteiger partial charge in [-0.3, -0.25) is 4.79 Å². The lowest BCUT2D eigenvalue weighted by Gasteiger charge is -2.15. The Kier molecular flexibility index (Phi) is 4.34. The molecule has 0 atom stereocenters. The Morgan fingerprint density at radius 3 is 2.61 bits per heavy atom. The zero-order valence-electron chi connectivity index (χ0n) is 14.6. The van der Waals surface area contributed by atoms with Gasteiger partial charge in [0.1, 0.15) is 17.3 Å². The maximum Gasteiger partial charge on any atom is 0.310 e. The molecule has 28 heavy (non-hydrogen) atoms. The summed E-state index contributed by atoms with van der Waals surface area (Å²) in [5, 5.41) is 3.79. The number of aromatic nitrogens is 4. The molecule has 0 aliphatic rings. The van der Waals surface area contributed by atoms with Gasteiger partial charge in [-0.25, -0.2) is 13.8 Å². The molecule has 0 saturated carbocycles. The van der Waals surface area contributed by atoms with Crippen molar-refractivity contribution in [1.29, 1.82) is 0 Å². The van der Waals surface area contributed by atoms with Crippen molar-refractivity contribution in [3.63, 3.8) is 0 Å². The predicted molar refractivity (Wildman–Crippen MR) is 98.0 cm³/mol. The van der Waals surface area contributed by atoms with E-state index in [1.165, 1.54) is 4.57 Å². The molecule has 0 amide bonds. The number of aromatic amines is 1. The van der Waals surface area contributed by atoms with Gasteiger partial charge < -0.3 is 14.9 Å². The van der Waals surface area contributed by atoms with Gasteiger partial charge in [0.2, 0.25) is 11.8 Å². The van der Waals surface area contributed by atoms with Crippen LogP contribution in [0.25, 0.3) is 11.0 Å². The Hall–Kier alpha value is -3.62. The maximum atomic E-state index is 13.8. The van der Waals surface area contributed by atoms with E-state index in [1.807, 2.05) is 6.07 Å². The first kappa shape index (κ1) is 17.8. The molecule has 0 radical (unpaired) electrons. The predicted octanol–water partition coefficient (Wildman–Crippen LogP) is 3.64. The van der Waals surface area contributed by atoms with E-state index < -0.39 is 23.0 Å². The summed E-state index contributed by atoms with van der Waals surface area (Å²) in [5.74, 6) is -2.55. The minimum Gasteiger partial charge on any atom is -0.346 e. The zero-order valence-corrected chi connectivity index (χ0v) is 14.6. The summed E-state index contributed by atoms with van der Waals surface area (Å²) in [4.78, 5) is 22.8. The van der Waals surface area contributed by atoms with Crippen LogP contribution >= 0.6 is 0 Å². The van der Waals surface area contributed by atoms with Crippen LogP contribution in [-0.2, 0) is 6.54 Å². The highest BCUT2D eigenvalue weighted by Crippen LogP contribution is 2.23. The number of hydrogen-bond donors (Lipinski definition) is 2. The quantitative estimate of drug-likeness (QED) is 0.563. The highest BCUT2D eigenvalue weighted by atomic mass is 19.1. The fourth-order valence-electron chi connectivity index (χ4n) is 2.91. The maximum absolute atomic E-state index is 13.8. The number of fused-ring (bicyclic) bond motifs is 1. The van der Waals surface area contributed by atoms with E-state index in [-0.39, 0.29) is 18.1 Å². The first-order chi connectivity index (χ1) is 13.4. The smallest absolute Gasteiger partial charge is 0.310 e. The molecule has 1 aromatic carbocycles. The second-order valence-corrected chi connectivity index (χ2v) is 6.29. The van der Waals surface area contributed by atoms with Crippen molar-refractivity contribution in [2.45, 2.75) is 13.5 Å². The van der Waals surface area contributed by atoms with Crippen molar-refractivity contribution in [1.82, 2.24) is 19.5 Å². The van der Waals surface area contributed by atoms with Gasteiger partial charge in [-0.1, -0.05) is 0 Å². The average molecular weight is 385 g/mol. The minimum atomic E-state index is -1.07. The van der Waals surface area contributed by atoms with E-state index in [0.717, 1.165) is 29.8 Å². The molecule has 2 N–H and O–H groups in total. The van der Waals surface area contributed by atoms with Crippen molar-refractivity contribution >= 4 is 22.7 Å². The third kappa shape index (κ3) is 3.46. The van der Waals surface area contributed by atoms with Crippen LogP contribution in [0.15, 0.2) is 47.5 Å². The summed E-state index contributed by atoms with van der Waals surface area (Å²) in [6, 6.07) is 6.63.